The first-order valence-corrected chi connectivity index (χ1v) is 4.23. The van der Waals surface area contributed by atoms with E-state index in [1.807, 2.05) is 6.07 Å². The molecule has 13 heavy (non-hydrogen) atoms. The summed E-state index contributed by atoms with van der Waals surface area (Å²) in [5.74, 6) is 0.222. The topological polar surface area (TPSA) is 46.2 Å². The molecule has 0 aliphatic heterocycles. The lowest BCUT2D eigenvalue weighted by atomic mass is 10.1. The molecular weight excluding hydrogens is 186 g/mol. The zero-order valence-corrected chi connectivity index (χ0v) is 7.55. The van der Waals surface area contributed by atoms with E-state index < -0.39 is 0 Å². The van der Waals surface area contributed by atoms with Crippen LogP contribution < -0.4 is 5.73 Å². The molecule has 0 saturated carbocycles. The fraction of sp³-hybridized carbons (Fsp3) is 0. The molecule has 2 rings (SSSR count). The number of fused-ring (bicyclic) bond motifs is 1. The number of nitrogen functional groups attached to an aromatic ring is 1. The van der Waals surface area contributed by atoms with Crippen LogP contribution in [0.15, 0.2) is 30.3 Å². The first-order valence-electron chi connectivity index (χ1n) is 3.86. The summed E-state index contributed by atoms with van der Waals surface area (Å²) >= 11 is 5.96. The van der Waals surface area contributed by atoms with Crippen LogP contribution >= 0.6 is 11.6 Å². The highest BCUT2D eigenvalue weighted by molar-refractivity contribution is 6.38. The summed E-state index contributed by atoms with van der Waals surface area (Å²) in [6.07, 6.45) is 0. The van der Waals surface area contributed by atoms with Gasteiger partial charge in [-0.05, 0) is 18.2 Å². The number of hydrogen-bond donors (Lipinski definition) is 2. The molecule has 0 spiro atoms. The summed E-state index contributed by atoms with van der Waals surface area (Å²) in [7, 11) is 0. The normalized spacial score (nSPS) is 10.5. The van der Waals surface area contributed by atoms with Gasteiger partial charge >= 0.3 is 0 Å². The number of anilines is 1. The van der Waals surface area contributed by atoms with Gasteiger partial charge in [-0.1, -0.05) is 23.7 Å². The van der Waals surface area contributed by atoms with Gasteiger partial charge in [-0.25, -0.2) is 0 Å². The Hall–Kier alpha value is -1.41. The predicted molar refractivity (Wildman–Crippen MR) is 55.0 cm³/mol. The molecule has 2 nitrogen and oxygen atoms in total. The largest absolute Gasteiger partial charge is 0.507 e. The van der Waals surface area contributed by atoms with Gasteiger partial charge in [0.05, 0.1) is 10.7 Å². The molecule has 0 heterocycles. The van der Waals surface area contributed by atoms with E-state index >= 15 is 0 Å². The quantitative estimate of drug-likeness (QED) is 0.632. The maximum absolute atomic E-state index is 9.49. The van der Waals surface area contributed by atoms with Crippen molar-refractivity contribution >= 4 is 28.1 Å². The van der Waals surface area contributed by atoms with Gasteiger partial charge in [0.2, 0.25) is 0 Å². The van der Waals surface area contributed by atoms with Gasteiger partial charge in [-0.3, -0.25) is 0 Å². The Bertz CT molecular complexity index is 468. The van der Waals surface area contributed by atoms with Crippen molar-refractivity contribution in [3.8, 4) is 5.75 Å². The van der Waals surface area contributed by atoms with Gasteiger partial charge in [0.1, 0.15) is 5.75 Å². The van der Waals surface area contributed by atoms with E-state index in [1.165, 1.54) is 0 Å². The highest BCUT2D eigenvalue weighted by atomic mass is 35.5. The zero-order valence-electron chi connectivity index (χ0n) is 6.79. The lowest BCUT2D eigenvalue weighted by Crippen LogP contribution is -1.86. The van der Waals surface area contributed by atoms with E-state index in [4.69, 9.17) is 17.3 Å². The van der Waals surface area contributed by atoms with Crippen molar-refractivity contribution in [1.82, 2.24) is 0 Å². The summed E-state index contributed by atoms with van der Waals surface area (Å²) in [6.45, 7) is 0. The summed E-state index contributed by atoms with van der Waals surface area (Å²) in [6, 6.07) is 8.63. The minimum Gasteiger partial charge on any atom is -0.507 e. The molecule has 0 saturated heterocycles. The predicted octanol–water partition coefficient (Wildman–Crippen LogP) is 2.78. The fourth-order valence-electron chi connectivity index (χ4n) is 1.32. The standard InChI is InChI=1S/C10H8ClNO/c11-10-7-2-1-3-9(13)6(7)4-5-8(10)12/h1-5,13H,12H2. The van der Waals surface area contributed by atoms with E-state index in [0.29, 0.717) is 10.7 Å². The minimum atomic E-state index is 0.222. The third-order valence-electron chi connectivity index (χ3n) is 2.00. The smallest absolute Gasteiger partial charge is 0.123 e. The highest BCUT2D eigenvalue weighted by Crippen LogP contribution is 2.33. The molecule has 2 aromatic carbocycles. The van der Waals surface area contributed by atoms with Crippen molar-refractivity contribution in [3.05, 3.63) is 35.4 Å². The van der Waals surface area contributed by atoms with Crippen LogP contribution in [0.1, 0.15) is 0 Å². The Labute approximate surface area is 80.6 Å². The van der Waals surface area contributed by atoms with Gasteiger partial charge < -0.3 is 10.8 Å². The SMILES string of the molecule is Nc1ccc2c(O)cccc2c1Cl. The molecule has 3 heteroatoms. The van der Waals surface area contributed by atoms with Crippen LogP contribution in [0.25, 0.3) is 10.8 Å². The first kappa shape index (κ1) is 8.20. The van der Waals surface area contributed by atoms with Crippen LogP contribution in [-0.2, 0) is 0 Å². The average Bonchev–Trinajstić information content (AvgIpc) is 2.12. The second-order valence-corrected chi connectivity index (χ2v) is 3.22. The van der Waals surface area contributed by atoms with Crippen LogP contribution in [0.5, 0.6) is 5.75 Å². The summed E-state index contributed by atoms with van der Waals surface area (Å²) in [5.41, 5.74) is 6.15. The molecule has 2 aromatic rings. The molecule has 0 aromatic heterocycles. The second-order valence-electron chi connectivity index (χ2n) is 2.84. The molecule has 0 bridgehead atoms. The highest BCUT2D eigenvalue weighted by Gasteiger charge is 2.04. The Morgan fingerprint density at radius 3 is 2.62 bits per heavy atom. The summed E-state index contributed by atoms with van der Waals surface area (Å²) < 4.78 is 0. The number of rotatable bonds is 0. The van der Waals surface area contributed by atoms with Crippen molar-refractivity contribution in [2.24, 2.45) is 0 Å². The van der Waals surface area contributed by atoms with Gasteiger partial charge in [-0.2, -0.15) is 0 Å². The molecular formula is C10H8ClNO. The van der Waals surface area contributed by atoms with E-state index in [1.54, 1.807) is 24.3 Å². The van der Waals surface area contributed by atoms with Crippen LogP contribution in [0.3, 0.4) is 0 Å². The Morgan fingerprint density at radius 2 is 1.85 bits per heavy atom. The van der Waals surface area contributed by atoms with E-state index in [2.05, 4.69) is 0 Å². The van der Waals surface area contributed by atoms with Gasteiger partial charge in [-0.15, -0.1) is 0 Å². The van der Waals surface area contributed by atoms with Crippen LogP contribution in [0.4, 0.5) is 5.69 Å². The van der Waals surface area contributed by atoms with Crippen molar-refractivity contribution in [2.75, 3.05) is 5.73 Å². The van der Waals surface area contributed by atoms with Crippen LogP contribution in [-0.4, -0.2) is 5.11 Å². The average molecular weight is 194 g/mol. The van der Waals surface area contributed by atoms with E-state index in [9.17, 15) is 5.11 Å². The monoisotopic (exact) mass is 193 g/mol. The molecule has 0 amide bonds. The van der Waals surface area contributed by atoms with Gasteiger partial charge in [0.15, 0.2) is 0 Å². The molecule has 3 N–H and O–H groups in total. The van der Waals surface area contributed by atoms with Gasteiger partial charge in [0, 0.05) is 10.8 Å². The maximum atomic E-state index is 9.49. The molecule has 66 valence electrons. The van der Waals surface area contributed by atoms with Crippen LogP contribution in [0, 0.1) is 0 Å². The molecule has 0 radical (unpaired) electrons. The lowest BCUT2D eigenvalue weighted by Gasteiger charge is -2.04. The number of phenols is 1. The number of halogens is 1. The molecule has 0 fully saturated rings. The van der Waals surface area contributed by atoms with Gasteiger partial charge in [0.25, 0.3) is 0 Å². The minimum absolute atomic E-state index is 0.222. The lowest BCUT2D eigenvalue weighted by molar-refractivity contribution is 0.481. The molecule has 0 unspecified atom stereocenters. The van der Waals surface area contributed by atoms with Crippen molar-refractivity contribution in [2.45, 2.75) is 0 Å². The maximum Gasteiger partial charge on any atom is 0.123 e. The summed E-state index contributed by atoms with van der Waals surface area (Å²) in [4.78, 5) is 0. The second kappa shape index (κ2) is 2.82. The Kier molecular flexibility index (Phi) is 1.78. The number of aromatic hydroxyl groups is 1. The Morgan fingerprint density at radius 1 is 1.08 bits per heavy atom. The fourth-order valence-corrected chi connectivity index (χ4v) is 1.55. The molecule has 0 atom stereocenters. The van der Waals surface area contributed by atoms with Crippen molar-refractivity contribution in [1.29, 1.82) is 0 Å². The number of phenolic OH excluding ortho intramolecular Hbond substituents is 1. The zero-order chi connectivity index (χ0) is 9.42. The first-order chi connectivity index (χ1) is 6.20. The third-order valence-corrected chi connectivity index (χ3v) is 2.42. The molecule has 0 aliphatic rings. The number of hydrogen-bond acceptors (Lipinski definition) is 2. The van der Waals surface area contributed by atoms with Crippen molar-refractivity contribution < 1.29 is 5.11 Å². The van der Waals surface area contributed by atoms with Crippen molar-refractivity contribution in [3.63, 3.8) is 0 Å². The Balaban J connectivity index is 2.94. The van der Waals surface area contributed by atoms with Crippen LogP contribution in [0.2, 0.25) is 5.02 Å². The van der Waals surface area contributed by atoms with E-state index in [-0.39, 0.29) is 5.75 Å². The summed E-state index contributed by atoms with van der Waals surface area (Å²) in [5, 5.41) is 11.5. The molecule has 0 aliphatic carbocycles. The number of benzene rings is 2. The van der Waals surface area contributed by atoms with E-state index in [0.717, 1.165) is 10.8 Å². The number of nitrogens with two attached hydrogens (primary N) is 1. The third kappa shape index (κ3) is 1.19.